The van der Waals surface area contributed by atoms with Crippen LogP contribution in [0.15, 0.2) is 85.1 Å². The number of aryl methyl sites for hydroxylation is 1. The van der Waals surface area contributed by atoms with Crippen LogP contribution in [-0.2, 0) is 6.42 Å². The van der Waals surface area contributed by atoms with Gasteiger partial charge in [-0.3, -0.25) is 9.78 Å². The number of carbonyl (C=O) groups excluding carboxylic acids is 1. The molecule has 0 spiro atoms. The second-order valence-electron chi connectivity index (χ2n) is 8.97. The molecule has 0 fully saturated rings. The molecule has 9 heteroatoms. The zero-order valence-electron chi connectivity index (χ0n) is 21.2. The monoisotopic (exact) mass is 521 g/mol. The van der Waals surface area contributed by atoms with E-state index in [2.05, 4.69) is 30.4 Å². The largest absolute Gasteiger partial charge is 0.320 e. The molecule has 2 aromatic carbocycles. The molecular formula is C29H27N7OS. The van der Waals surface area contributed by atoms with Crippen molar-refractivity contribution in [1.82, 2.24) is 30.0 Å². The number of anilines is 1. The maximum Gasteiger partial charge on any atom is 0.274 e. The normalized spacial score (nSPS) is 11.0. The summed E-state index contributed by atoms with van der Waals surface area (Å²) in [5, 5.41) is 13.1. The van der Waals surface area contributed by atoms with Crippen molar-refractivity contribution in [1.29, 1.82) is 0 Å². The van der Waals surface area contributed by atoms with Crippen molar-refractivity contribution in [2.45, 2.75) is 12.8 Å². The Morgan fingerprint density at radius 1 is 0.895 bits per heavy atom. The van der Waals surface area contributed by atoms with E-state index in [4.69, 9.17) is 4.98 Å². The maximum absolute atomic E-state index is 13.5. The molecule has 1 N–H and O–H groups in total. The van der Waals surface area contributed by atoms with Crippen LogP contribution in [-0.4, -0.2) is 56.6 Å². The molecule has 5 rings (SSSR count). The fourth-order valence-corrected chi connectivity index (χ4v) is 4.78. The molecule has 0 bridgehead atoms. The van der Waals surface area contributed by atoms with Gasteiger partial charge in [-0.1, -0.05) is 59.9 Å². The highest BCUT2D eigenvalue weighted by atomic mass is 32.1. The first-order valence-corrected chi connectivity index (χ1v) is 13.1. The van der Waals surface area contributed by atoms with Crippen molar-refractivity contribution in [3.8, 4) is 32.7 Å². The Balaban J connectivity index is 1.43. The molecule has 0 unspecified atom stereocenters. The molecule has 0 radical (unpaired) electrons. The quantitative estimate of drug-likeness (QED) is 0.275. The van der Waals surface area contributed by atoms with Gasteiger partial charge in [0.15, 0.2) is 10.8 Å². The highest BCUT2D eigenvalue weighted by molar-refractivity contribution is 7.17. The number of amides is 1. The number of para-hydroxylation sites is 1. The number of pyridine rings is 1. The van der Waals surface area contributed by atoms with E-state index in [1.807, 2.05) is 86.9 Å². The molecule has 5 aromatic rings. The van der Waals surface area contributed by atoms with Gasteiger partial charge in [-0.25, -0.2) is 9.97 Å². The molecule has 0 aliphatic heterocycles. The van der Waals surface area contributed by atoms with E-state index in [1.165, 1.54) is 11.3 Å². The molecule has 8 nitrogen and oxygen atoms in total. The van der Waals surface area contributed by atoms with E-state index in [0.29, 0.717) is 27.2 Å². The molecule has 1 amide bonds. The van der Waals surface area contributed by atoms with Gasteiger partial charge in [-0.15, -0.1) is 10.2 Å². The van der Waals surface area contributed by atoms with Gasteiger partial charge in [0.2, 0.25) is 0 Å². The summed E-state index contributed by atoms with van der Waals surface area (Å²) in [7, 11) is 4.09. The van der Waals surface area contributed by atoms with Gasteiger partial charge in [0, 0.05) is 23.0 Å². The van der Waals surface area contributed by atoms with Gasteiger partial charge in [0.1, 0.15) is 16.4 Å². The molecule has 190 valence electrons. The number of hydrogen-bond donors (Lipinski definition) is 1. The Morgan fingerprint density at radius 3 is 2.45 bits per heavy atom. The maximum atomic E-state index is 13.5. The molecule has 0 aliphatic carbocycles. The molecule has 3 aromatic heterocycles. The summed E-state index contributed by atoms with van der Waals surface area (Å²) in [5.74, 6) is 0.232. The summed E-state index contributed by atoms with van der Waals surface area (Å²) in [6.45, 7) is 0.932. The molecule has 0 saturated heterocycles. The van der Waals surface area contributed by atoms with Gasteiger partial charge >= 0.3 is 0 Å². The topological polar surface area (TPSA) is 96.8 Å². The van der Waals surface area contributed by atoms with Crippen molar-refractivity contribution in [2.24, 2.45) is 0 Å². The predicted octanol–water partition coefficient (Wildman–Crippen LogP) is 5.47. The van der Waals surface area contributed by atoms with Crippen molar-refractivity contribution < 1.29 is 4.79 Å². The van der Waals surface area contributed by atoms with Crippen LogP contribution in [0.25, 0.3) is 32.7 Å². The number of nitrogens with one attached hydrogen (secondary N) is 1. The lowest BCUT2D eigenvalue weighted by molar-refractivity contribution is 0.102. The Labute approximate surface area is 225 Å². The molecular weight excluding hydrogens is 494 g/mol. The van der Waals surface area contributed by atoms with Crippen molar-refractivity contribution in [3.05, 3.63) is 96.4 Å². The lowest BCUT2D eigenvalue weighted by Crippen LogP contribution is -2.17. The third-order valence-corrected chi connectivity index (χ3v) is 6.78. The number of nitrogens with zero attached hydrogens (tertiary/aromatic N) is 6. The Bertz CT molecular complexity index is 1520. The average molecular weight is 522 g/mol. The second-order valence-corrected chi connectivity index (χ2v) is 9.95. The minimum atomic E-state index is -0.305. The third kappa shape index (κ3) is 6.13. The van der Waals surface area contributed by atoms with E-state index < -0.39 is 0 Å². The molecule has 0 atom stereocenters. The summed E-state index contributed by atoms with van der Waals surface area (Å²) in [6.07, 6.45) is 3.40. The SMILES string of the molecule is CN(C)CCCc1cc(C(=O)Nc2ccccc2-c2nnc(-c3ccccn3)s2)nc(-c2ccccc2)n1. The van der Waals surface area contributed by atoms with Crippen molar-refractivity contribution in [2.75, 3.05) is 26.0 Å². The molecule has 38 heavy (non-hydrogen) atoms. The highest BCUT2D eigenvalue weighted by Crippen LogP contribution is 2.33. The number of rotatable bonds is 9. The van der Waals surface area contributed by atoms with Crippen LogP contribution in [0, 0.1) is 0 Å². The fourth-order valence-electron chi connectivity index (χ4n) is 3.92. The lowest BCUT2D eigenvalue weighted by atomic mass is 10.1. The molecule has 3 heterocycles. The molecule has 0 saturated carbocycles. The second kappa shape index (κ2) is 11.8. The van der Waals surface area contributed by atoms with Gasteiger partial charge in [0.25, 0.3) is 5.91 Å². The van der Waals surface area contributed by atoms with Gasteiger partial charge < -0.3 is 10.2 Å². The average Bonchev–Trinajstić information content (AvgIpc) is 3.44. The number of hydrogen-bond acceptors (Lipinski definition) is 8. The number of benzene rings is 2. The predicted molar refractivity (Wildman–Crippen MR) is 151 cm³/mol. The summed E-state index contributed by atoms with van der Waals surface area (Å²) in [5.41, 5.74) is 4.20. The lowest BCUT2D eigenvalue weighted by Gasteiger charge is -2.12. The standard InChI is InChI=1S/C29H27N7OS/c1-36(2)18-10-13-21-19-25(32-26(31-21)20-11-4-3-5-12-20)27(37)33-23-15-7-6-14-22(23)28-34-35-29(38-28)24-16-8-9-17-30-24/h3-9,11-12,14-17,19H,10,13,18H2,1-2H3,(H,33,37). The summed E-state index contributed by atoms with van der Waals surface area (Å²) >= 11 is 1.42. The Kier molecular flexibility index (Phi) is 7.86. The van der Waals surface area contributed by atoms with Gasteiger partial charge in [0.05, 0.1) is 5.69 Å². The van der Waals surface area contributed by atoms with Crippen LogP contribution >= 0.6 is 11.3 Å². The van der Waals surface area contributed by atoms with E-state index in [1.54, 1.807) is 12.3 Å². The third-order valence-electron chi connectivity index (χ3n) is 5.80. The zero-order chi connectivity index (χ0) is 26.3. The van der Waals surface area contributed by atoms with Crippen LogP contribution in [0.5, 0.6) is 0 Å². The van der Waals surface area contributed by atoms with Crippen LogP contribution < -0.4 is 5.32 Å². The zero-order valence-corrected chi connectivity index (χ0v) is 22.0. The van der Waals surface area contributed by atoms with Crippen LogP contribution in [0.3, 0.4) is 0 Å². The number of carbonyl (C=O) groups is 1. The van der Waals surface area contributed by atoms with Crippen LogP contribution in [0.4, 0.5) is 5.69 Å². The van der Waals surface area contributed by atoms with Crippen LogP contribution in [0.2, 0.25) is 0 Å². The van der Waals surface area contributed by atoms with E-state index in [0.717, 1.165) is 41.9 Å². The Morgan fingerprint density at radius 2 is 1.66 bits per heavy atom. The summed E-state index contributed by atoms with van der Waals surface area (Å²) in [6, 6.07) is 24.7. The summed E-state index contributed by atoms with van der Waals surface area (Å²) < 4.78 is 0. The van der Waals surface area contributed by atoms with Crippen molar-refractivity contribution in [3.63, 3.8) is 0 Å². The minimum Gasteiger partial charge on any atom is -0.320 e. The molecule has 0 aliphatic rings. The first kappa shape index (κ1) is 25.3. The van der Waals surface area contributed by atoms with Crippen LogP contribution in [0.1, 0.15) is 22.6 Å². The fraction of sp³-hybridized carbons (Fsp3) is 0.172. The highest BCUT2D eigenvalue weighted by Gasteiger charge is 2.17. The van der Waals surface area contributed by atoms with Crippen molar-refractivity contribution >= 4 is 22.9 Å². The number of aromatic nitrogens is 5. The van der Waals surface area contributed by atoms with Gasteiger partial charge in [-0.05, 0) is 63.8 Å². The smallest absolute Gasteiger partial charge is 0.274 e. The minimum absolute atomic E-state index is 0.305. The van der Waals surface area contributed by atoms with E-state index in [-0.39, 0.29) is 5.91 Å². The van der Waals surface area contributed by atoms with E-state index in [9.17, 15) is 4.79 Å². The summed E-state index contributed by atoms with van der Waals surface area (Å²) in [4.78, 5) is 29.4. The van der Waals surface area contributed by atoms with Gasteiger partial charge in [-0.2, -0.15) is 0 Å². The van der Waals surface area contributed by atoms with E-state index >= 15 is 0 Å². The Hall–Kier alpha value is -4.34. The first-order chi connectivity index (χ1) is 18.6. The first-order valence-electron chi connectivity index (χ1n) is 12.3.